The minimum atomic E-state index is 0. The quantitative estimate of drug-likeness (QED) is 0.164. The van der Waals surface area contributed by atoms with Gasteiger partial charge in [-0.25, -0.2) is 9.97 Å². The van der Waals surface area contributed by atoms with Crippen molar-refractivity contribution >= 4 is 92.3 Å². The van der Waals surface area contributed by atoms with Crippen LogP contribution >= 0.6 is 23.2 Å². The van der Waals surface area contributed by atoms with Gasteiger partial charge >= 0.3 is 19.5 Å². The van der Waals surface area contributed by atoms with Gasteiger partial charge in [0, 0.05) is 11.4 Å². The van der Waals surface area contributed by atoms with Crippen molar-refractivity contribution in [3.05, 3.63) is 166 Å². The van der Waals surface area contributed by atoms with Gasteiger partial charge in [-0.05, 0) is 70.8 Å². The second kappa shape index (κ2) is 14.7. The minimum absolute atomic E-state index is 0. The number of para-hydroxylation sites is 2. The number of fused-ring (bicyclic) bond motifs is 8. The van der Waals surface area contributed by atoms with Gasteiger partial charge in [0.2, 0.25) is 0 Å². The zero-order chi connectivity index (χ0) is 35.0. The van der Waals surface area contributed by atoms with Crippen LogP contribution in [0.3, 0.4) is 0 Å². The summed E-state index contributed by atoms with van der Waals surface area (Å²) >= 11 is 13.4. The maximum Gasteiger partial charge on any atom is 2.00 e. The van der Waals surface area contributed by atoms with Gasteiger partial charge in [-0.1, -0.05) is 132 Å². The van der Waals surface area contributed by atoms with Gasteiger partial charge in [0.05, 0.1) is 44.2 Å². The van der Waals surface area contributed by atoms with E-state index in [4.69, 9.17) is 43.1 Å². The predicted octanol–water partition coefficient (Wildman–Crippen LogP) is 12.0. The first-order valence-electron chi connectivity index (χ1n) is 16.8. The fourth-order valence-electron chi connectivity index (χ4n) is 6.54. The number of hydrogen-bond acceptors (Lipinski definition) is 4. The molecule has 0 unspecified atom stereocenters. The van der Waals surface area contributed by atoms with E-state index in [1.165, 1.54) is 0 Å². The molecule has 0 amide bonds. The van der Waals surface area contributed by atoms with Crippen molar-refractivity contribution in [3.63, 3.8) is 0 Å². The minimum Gasteiger partial charge on any atom is -0.656 e. The third-order valence-corrected chi connectivity index (χ3v) is 9.66. The molecule has 0 spiro atoms. The predicted molar refractivity (Wildman–Crippen MR) is 217 cm³/mol. The Hall–Kier alpha value is -5.72. The van der Waals surface area contributed by atoms with Crippen molar-refractivity contribution in [2.75, 3.05) is 10.6 Å². The summed E-state index contributed by atoms with van der Waals surface area (Å²) in [5.41, 5.74) is 12.7. The third-order valence-electron chi connectivity index (χ3n) is 9.00. The Labute approximate surface area is 329 Å². The second-order valence-electron chi connectivity index (χ2n) is 12.3. The van der Waals surface area contributed by atoms with E-state index in [9.17, 15) is 0 Å². The molecule has 0 saturated carbocycles. The molecule has 0 saturated heterocycles. The van der Waals surface area contributed by atoms with Crippen LogP contribution in [0.2, 0.25) is 10.0 Å². The van der Waals surface area contributed by atoms with E-state index in [0.717, 1.165) is 89.8 Å². The summed E-state index contributed by atoms with van der Waals surface area (Å²) in [6, 6.07) is 43.8. The summed E-state index contributed by atoms with van der Waals surface area (Å²) in [6.07, 6.45) is 8.08. The maximum absolute atomic E-state index is 6.69. The Morgan fingerprint density at radius 3 is 1.17 bits per heavy atom. The van der Waals surface area contributed by atoms with E-state index in [-0.39, 0.29) is 19.5 Å². The Bertz CT molecular complexity index is 2530. The molecule has 5 heterocycles. The van der Waals surface area contributed by atoms with Crippen LogP contribution in [0.1, 0.15) is 22.8 Å². The fraction of sp³-hybridized carbons (Fsp3) is 0. The summed E-state index contributed by atoms with van der Waals surface area (Å²) < 4.78 is 0. The van der Waals surface area contributed by atoms with Crippen molar-refractivity contribution in [2.24, 2.45) is 0 Å². The molecule has 9 heteroatoms. The molecule has 2 N–H and O–H groups in total. The number of benzene rings is 4. The first kappa shape index (κ1) is 34.4. The van der Waals surface area contributed by atoms with Gasteiger partial charge in [-0.3, -0.25) is 0 Å². The van der Waals surface area contributed by atoms with Crippen LogP contribution in [0, 0.1) is 0 Å². The number of hydrogen-bond donors (Lipinski definition) is 2. The molecule has 0 atom stereocenters. The number of nitrogens with zero attached hydrogens (tertiary/aromatic N) is 4. The Morgan fingerprint density at radius 1 is 0.396 bits per heavy atom. The van der Waals surface area contributed by atoms with Crippen LogP contribution < -0.4 is 20.6 Å². The average Bonchev–Trinajstić information content (AvgIpc) is 4.02. The van der Waals surface area contributed by atoms with Gasteiger partial charge in [0.1, 0.15) is 0 Å². The van der Waals surface area contributed by atoms with Crippen LogP contribution in [-0.2, 0) is 19.5 Å². The van der Waals surface area contributed by atoms with Crippen LogP contribution in [0.25, 0.3) is 68.6 Å². The number of aromatic nitrogens is 4. The Morgan fingerprint density at radius 2 is 0.755 bits per heavy atom. The Balaban J connectivity index is 0.00000400. The average molecular weight is 777 g/mol. The monoisotopic (exact) mass is 774 g/mol. The molecule has 3 aromatic heterocycles. The molecule has 0 fully saturated rings. The smallest absolute Gasteiger partial charge is 0.656 e. The van der Waals surface area contributed by atoms with E-state index in [2.05, 4.69) is 34.9 Å². The maximum atomic E-state index is 6.69. The molecule has 7 aromatic rings. The van der Waals surface area contributed by atoms with E-state index in [0.29, 0.717) is 10.0 Å². The number of nitrogens with one attached hydrogen (secondary N) is 2. The van der Waals surface area contributed by atoms with Crippen LogP contribution in [-0.4, -0.2) is 9.97 Å². The van der Waals surface area contributed by atoms with E-state index in [1.807, 2.05) is 133 Å². The number of anilines is 4. The van der Waals surface area contributed by atoms with Crippen LogP contribution in [0.4, 0.5) is 22.7 Å². The summed E-state index contributed by atoms with van der Waals surface area (Å²) in [7, 11) is 0. The topological polar surface area (TPSA) is 78.0 Å². The molecule has 4 aromatic carbocycles. The zero-order valence-corrected chi connectivity index (χ0v) is 32.7. The second-order valence-corrected chi connectivity index (χ2v) is 13.1. The third kappa shape index (κ3) is 6.71. The molecule has 0 aliphatic carbocycles. The van der Waals surface area contributed by atoms with Gasteiger partial charge in [-0.15, -0.1) is 22.1 Å². The van der Waals surface area contributed by atoms with Crippen molar-refractivity contribution in [3.8, 4) is 22.3 Å². The molecule has 53 heavy (non-hydrogen) atoms. The summed E-state index contributed by atoms with van der Waals surface area (Å²) in [6.45, 7) is 0. The first-order chi connectivity index (χ1) is 25.6. The van der Waals surface area contributed by atoms with Gasteiger partial charge in [0.25, 0.3) is 0 Å². The molecule has 2 aliphatic rings. The van der Waals surface area contributed by atoms with Crippen molar-refractivity contribution in [1.29, 1.82) is 0 Å². The molecule has 8 bridgehead atoms. The molecule has 2 aliphatic heterocycles. The normalized spacial score (nSPS) is 11.7. The first-order valence-corrected chi connectivity index (χ1v) is 17.5. The van der Waals surface area contributed by atoms with Gasteiger partial charge in [-0.2, -0.15) is 0 Å². The molecule has 0 radical (unpaired) electrons. The van der Waals surface area contributed by atoms with Crippen molar-refractivity contribution in [1.82, 2.24) is 19.9 Å². The molecular weight excluding hydrogens is 749 g/mol. The summed E-state index contributed by atoms with van der Waals surface area (Å²) in [5.74, 6) is 0. The zero-order valence-electron chi connectivity index (χ0n) is 28.3. The number of halogens is 2. The summed E-state index contributed by atoms with van der Waals surface area (Å²) in [5, 5.41) is 8.33. The molecule has 9 rings (SSSR count). The van der Waals surface area contributed by atoms with E-state index < -0.39 is 0 Å². The van der Waals surface area contributed by atoms with E-state index >= 15 is 0 Å². The molecular formula is C44H28Cl2N6Zn. The molecule has 250 valence electrons. The van der Waals surface area contributed by atoms with Crippen molar-refractivity contribution in [2.45, 2.75) is 0 Å². The van der Waals surface area contributed by atoms with E-state index in [1.54, 1.807) is 0 Å². The summed E-state index contributed by atoms with van der Waals surface area (Å²) in [4.78, 5) is 21.0. The largest absolute Gasteiger partial charge is 2.00 e. The number of rotatable bonds is 6. The van der Waals surface area contributed by atoms with Gasteiger partial charge in [0.15, 0.2) is 0 Å². The SMILES string of the molecule is Clc1ccccc1Nc1c2nc(c(-c3ccccc3)c3ccc([n-]3)c(Nc3ccccc3Cl)c3nc(c(-c4ccccc4)c4ccc1[n-]4)C=C3)C=C2.[Zn+2]. The standard InChI is InChI=1S/C44H28Cl2N6.Zn/c45-29-15-7-9-17-31(29)51-43-37-23-19-33(47-37)41(27-11-3-1-4-12-27)34-20-24-38(48-34)44(52-32-18-10-8-16-30(32)46)40-26-22-36(50-40)42(28-13-5-2-6-14-28)35-21-25-39(43)49-35;/h1-26,51-52H;/q-2;+2. The Kier molecular flexibility index (Phi) is 9.55. The van der Waals surface area contributed by atoms with Crippen molar-refractivity contribution < 1.29 is 19.5 Å². The molecule has 6 nitrogen and oxygen atoms in total. The van der Waals surface area contributed by atoms with Gasteiger partial charge < -0.3 is 20.6 Å². The van der Waals surface area contributed by atoms with Crippen LogP contribution in [0.15, 0.2) is 133 Å². The fourth-order valence-corrected chi connectivity index (χ4v) is 6.91. The van der Waals surface area contributed by atoms with Crippen LogP contribution in [0.5, 0.6) is 0 Å².